The van der Waals surface area contributed by atoms with E-state index in [0.29, 0.717) is 30.2 Å². The molecule has 0 bridgehead atoms. The average molecular weight is 389 g/mol. The van der Waals surface area contributed by atoms with Gasteiger partial charge in [0, 0.05) is 24.4 Å². The van der Waals surface area contributed by atoms with Crippen LogP contribution in [0.4, 0.5) is 0 Å². The van der Waals surface area contributed by atoms with Gasteiger partial charge in [0.1, 0.15) is 0 Å². The lowest BCUT2D eigenvalue weighted by Crippen LogP contribution is -2.61. The van der Waals surface area contributed by atoms with Gasteiger partial charge < -0.3 is 10.6 Å². The van der Waals surface area contributed by atoms with Crippen molar-refractivity contribution in [3.8, 4) is 0 Å². The molecule has 1 saturated heterocycles. The van der Waals surface area contributed by atoms with Crippen molar-refractivity contribution < 1.29 is 9.59 Å². The first-order valence-electron chi connectivity index (χ1n) is 11.6. The highest BCUT2D eigenvalue weighted by Crippen LogP contribution is 2.65. The molecule has 4 aliphatic rings. The Hall–Kier alpha value is -1.06. The van der Waals surface area contributed by atoms with E-state index >= 15 is 0 Å². The van der Waals surface area contributed by atoms with Crippen LogP contribution >= 0.6 is 0 Å². The number of rotatable bonds is 2. The van der Waals surface area contributed by atoms with E-state index in [0.717, 1.165) is 30.6 Å². The predicted molar refractivity (Wildman–Crippen MR) is 112 cm³/mol. The van der Waals surface area contributed by atoms with Crippen LogP contribution in [0, 0.1) is 34.5 Å². The first kappa shape index (κ1) is 20.2. The van der Waals surface area contributed by atoms with E-state index in [4.69, 9.17) is 0 Å². The Labute approximate surface area is 171 Å². The number of piperidine rings is 1. The Bertz CT molecular complexity index is 653. The summed E-state index contributed by atoms with van der Waals surface area (Å²) in [7, 11) is 0. The molecule has 0 spiro atoms. The topological polar surface area (TPSA) is 58.2 Å². The molecule has 0 aromatic carbocycles. The SMILES string of the molecule is CC(C)(C)NC(=O)C[C@H]1CC[C@H]2[C@@H]3CC[C@H]4NC(=O)CC[C@]4(C)[C@H]3CC[C@]12C. The Morgan fingerprint density at radius 2 is 1.75 bits per heavy atom. The molecule has 0 aromatic rings. The third-order valence-corrected chi connectivity index (χ3v) is 9.24. The number of hydrogen-bond donors (Lipinski definition) is 2. The Kier molecular flexibility index (Phi) is 4.87. The van der Waals surface area contributed by atoms with E-state index in [1.165, 1.54) is 32.1 Å². The van der Waals surface area contributed by atoms with Gasteiger partial charge in [-0.1, -0.05) is 13.8 Å². The summed E-state index contributed by atoms with van der Waals surface area (Å²) in [5.74, 6) is 3.30. The minimum atomic E-state index is -0.147. The van der Waals surface area contributed by atoms with Gasteiger partial charge in [-0.2, -0.15) is 0 Å². The van der Waals surface area contributed by atoms with Crippen molar-refractivity contribution in [2.24, 2.45) is 34.5 Å². The number of fused-ring (bicyclic) bond motifs is 5. The van der Waals surface area contributed by atoms with E-state index in [2.05, 4.69) is 45.3 Å². The molecule has 158 valence electrons. The second kappa shape index (κ2) is 6.74. The van der Waals surface area contributed by atoms with Gasteiger partial charge in [-0.15, -0.1) is 0 Å². The number of carbonyl (C=O) groups excluding carboxylic acids is 2. The van der Waals surface area contributed by atoms with Crippen molar-refractivity contribution in [2.75, 3.05) is 0 Å². The number of nitrogens with one attached hydrogen (secondary N) is 2. The van der Waals surface area contributed by atoms with Gasteiger partial charge in [-0.3, -0.25) is 9.59 Å². The van der Waals surface area contributed by atoms with Crippen LogP contribution in [0.15, 0.2) is 0 Å². The molecule has 2 N–H and O–H groups in total. The largest absolute Gasteiger partial charge is 0.353 e. The lowest BCUT2D eigenvalue weighted by molar-refractivity contribution is -0.137. The third-order valence-electron chi connectivity index (χ3n) is 9.24. The molecule has 1 heterocycles. The molecule has 0 radical (unpaired) electrons. The maximum absolute atomic E-state index is 12.6. The second-order valence-corrected chi connectivity index (χ2v) is 11.9. The predicted octanol–water partition coefficient (Wildman–Crippen LogP) is 4.43. The van der Waals surface area contributed by atoms with E-state index in [1.54, 1.807) is 0 Å². The van der Waals surface area contributed by atoms with Crippen LogP contribution < -0.4 is 10.6 Å². The molecule has 4 rings (SSSR count). The summed E-state index contributed by atoms with van der Waals surface area (Å²) in [5.41, 5.74) is 0.448. The molecule has 7 atom stereocenters. The highest BCUT2D eigenvalue weighted by molar-refractivity contribution is 5.77. The number of hydrogen-bond acceptors (Lipinski definition) is 2. The molecule has 4 fully saturated rings. The fraction of sp³-hybridized carbons (Fsp3) is 0.917. The maximum Gasteiger partial charge on any atom is 0.220 e. The minimum absolute atomic E-state index is 0.147. The summed E-state index contributed by atoms with van der Waals surface area (Å²) < 4.78 is 0. The van der Waals surface area contributed by atoms with E-state index in [9.17, 15) is 9.59 Å². The van der Waals surface area contributed by atoms with Crippen LogP contribution in [-0.4, -0.2) is 23.4 Å². The van der Waals surface area contributed by atoms with Crippen molar-refractivity contribution in [2.45, 2.75) is 104 Å². The zero-order chi connectivity index (χ0) is 20.3. The van der Waals surface area contributed by atoms with Crippen LogP contribution in [0.3, 0.4) is 0 Å². The summed E-state index contributed by atoms with van der Waals surface area (Å²) in [5, 5.41) is 6.51. The number of amides is 2. The molecule has 4 nitrogen and oxygen atoms in total. The fourth-order valence-electron chi connectivity index (χ4n) is 7.84. The van der Waals surface area contributed by atoms with Crippen LogP contribution in [0.5, 0.6) is 0 Å². The molecule has 3 aliphatic carbocycles. The molecule has 4 heteroatoms. The van der Waals surface area contributed by atoms with Crippen LogP contribution in [0.25, 0.3) is 0 Å². The molecule has 28 heavy (non-hydrogen) atoms. The Balaban J connectivity index is 1.49. The summed E-state index contributed by atoms with van der Waals surface area (Å²) in [6.45, 7) is 11.2. The van der Waals surface area contributed by atoms with Gasteiger partial charge in [-0.25, -0.2) is 0 Å². The monoisotopic (exact) mass is 388 g/mol. The van der Waals surface area contributed by atoms with E-state index < -0.39 is 0 Å². The molecular weight excluding hydrogens is 348 g/mol. The summed E-state index contributed by atoms with van der Waals surface area (Å²) in [4.78, 5) is 24.6. The highest BCUT2D eigenvalue weighted by atomic mass is 16.2. The smallest absolute Gasteiger partial charge is 0.220 e. The van der Waals surface area contributed by atoms with Gasteiger partial charge in [0.15, 0.2) is 0 Å². The standard InChI is InChI=1S/C24H40N2O2/c1-22(2,3)26-21(28)14-15-6-8-17-16-7-9-19-24(5,13-11-20(27)25-19)18(16)10-12-23(15,17)4/h15-19H,6-14H2,1-5H3,(H,25,27)(H,26,28)/t15-,16+,17+,18+,19-,23-,24-/m1/s1. The van der Waals surface area contributed by atoms with Crippen molar-refractivity contribution >= 4 is 11.8 Å². The van der Waals surface area contributed by atoms with Crippen molar-refractivity contribution in [3.05, 3.63) is 0 Å². The van der Waals surface area contributed by atoms with Crippen molar-refractivity contribution in [3.63, 3.8) is 0 Å². The van der Waals surface area contributed by atoms with Gasteiger partial charge in [0.2, 0.25) is 11.8 Å². The second-order valence-electron chi connectivity index (χ2n) is 11.9. The third kappa shape index (κ3) is 3.29. The van der Waals surface area contributed by atoms with E-state index in [1.807, 2.05) is 0 Å². The van der Waals surface area contributed by atoms with Gasteiger partial charge >= 0.3 is 0 Å². The zero-order valence-electron chi connectivity index (χ0n) is 18.6. The normalized spacial score (nSPS) is 45.5. The van der Waals surface area contributed by atoms with Crippen molar-refractivity contribution in [1.29, 1.82) is 0 Å². The molecule has 1 aliphatic heterocycles. The summed E-state index contributed by atoms with van der Waals surface area (Å²) in [6.07, 6.45) is 9.88. The van der Waals surface area contributed by atoms with Crippen LogP contribution in [-0.2, 0) is 9.59 Å². The Morgan fingerprint density at radius 1 is 1.04 bits per heavy atom. The summed E-state index contributed by atoms with van der Waals surface area (Å²) >= 11 is 0. The first-order valence-corrected chi connectivity index (χ1v) is 11.6. The molecule has 2 amide bonds. The lowest BCUT2D eigenvalue weighted by atomic mass is 9.47. The van der Waals surface area contributed by atoms with Crippen LogP contribution in [0.2, 0.25) is 0 Å². The molecule has 3 saturated carbocycles. The van der Waals surface area contributed by atoms with Gasteiger partial charge in [0.05, 0.1) is 0 Å². The van der Waals surface area contributed by atoms with Gasteiger partial charge in [-0.05, 0) is 100 Å². The van der Waals surface area contributed by atoms with Crippen molar-refractivity contribution in [1.82, 2.24) is 10.6 Å². The summed E-state index contributed by atoms with van der Waals surface area (Å²) in [6, 6.07) is 0.383. The maximum atomic E-state index is 12.6. The lowest BCUT2D eigenvalue weighted by Gasteiger charge is -2.60. The zero-order valence-corrected chi connectivity index (χ0v) is 18.6. The quantitative estimate of drug-likeness (QED) is 0.735. The minimum Gasteiger partial charge on any atom is -0.353 e. The van der Waals surface area contributed by atoms with Crippen LogP contribution in [0.1, 0.15) is 92.4 Å². The average Bonchev–Trinajstić information content (AvgIpc) is 2.90. The van der Waals surface area contributed by atoms with E-state index in [-0.39, 0.29) is 22.8 Å². The molecule has 0 aromatic heterocycles. The fourth-order valence-corrected chi connectivity index (χ4v) is 7.84. The number of carbonyl (C=O) groups is 2. The Morgan fingerprint density at radius 3 is 2.46 bits per heavy atom. The molecular formula is C24H40N2O2. The highest BCUT2D eigenvalue weighted by Gasteiger charge is 2.60. The molecule has 0 unspecified atom stereocenters. The first-order chi connectivity index (χ1) is 13.0. The van der Waals surface area contributed by atoms with Gasteiger partial charge in [0.25, 0.3) is 0 Å².